The normalized spacial score (nSPS) is 28.4. The van der Waals surface area contributed by atoms with Crippen molar-refractivity contribution in [2.24, 2.45) is 0 Å². The van der Waals surface area contributed by atoms with Crippen molar-refractivity contribution in [3.8, 4) is 0 Å². The molecule has 2 heterocycles. The minimum atomic E-state index is 0.0340. The Labute approximate surface area is 131 Å². The summed E-state index contributed by atoms with van der Waals surface area (Å²) in [6.45, 7) is 4.79. The van der Waals surface area contributed by atoms with Gasteiger partial charge in [0, 0.05) is 25.2 Å². The maximum atomic E-state index is 12.2. The Kier molecular flexibility index (Phi) is 4.76. The van der Waals surface area contributed by atoms with E-state index >= 15 is 0 Å². The number of nitrogens with one attached hydrogen (secondary N) is 1. The van der Waals surface area contributed by atoms with E-state index in [1.807, 2.05) is 24.3 Å². The summed E-state index contributed by atoms with van der Waals surface area (Å²) in [5, 5.41) is 12.2. The first kappa shape index (κ1) is 15.5. The molecule has 0 aliphatic carbocycles. The molecule has 2 saturated heterocycles. The minimum Gasteiger partial charge on any atom is -0.392 e. The van der Waals surface area contributed by atoms with Gasteiger partial charge in [0.2, 0.25) is 5.91 Å². The molecule has 120 valence electrons. The topological polar surface area (TPSA) is 61.8 Å². The van der Waals surface area contributed by atoms with E-state index in [0.29, 0.717) is 12.5 Å². The quantitative estimate of drug-likeness (QED) is 0.859. The van der Waals surface area contributed by atoms with Crippen molar-refractivity contribution in [3.05, 3.63) is 35.4 Å². The van der Waals surface area contributed by atoms with Gasteiger partial charge in [-0.05, 0) is 24.5 Å². The summed E-state index contributed by atoms with van der Waals surface area (Å²) in [5.74, 6) is 0.0653. The maximum absolute atomic E-state index is 12.2. The zero-order chi connectivity index (χ0) is 15.5. The van der Waals surface area contributed by atoms with Crippen LogP contribution < -0.4 is 5.32 Å². The van der Waals surface area contributed by atoms with Gasteiger partial charge < -0.3 is 15.2 Å². The molecule has 3 atom stereocenters. The molecular formula is C17H24N2O3. The van der Waals surface area contributed by atoms with Crippen LogP contribution in [-0.2, 0) is 22.6 Å². The fourth-order valence-corrected chi connectivity index (χ4v) is 3.37. The molecule has 0 unspecified atom stereocenters. The lowest BCUT2D eigenvalue weighted by atomic mass is 10.1. The first-order valence-corrected chi connectivity index (χ1v) is 7.97. The predicted molar refractivity (Wildman–Crippen MR) is 83.4 cm³/mol. The van der Waals surface area contributed by atoms with Gasteiger partial charge in [-0.25, -0.2) is 0 Å². The zero-order valence-electron chi connectivity index (χ0n) is 13.0. The molecule has 1 aromatic rings. The van der Waals surface area contributed by atoms with E-state index in [0.717, 1.165) is 37.2 Å². The third-order valence-corrected chi connectivity index (χ3v) is 4.53. The standard InChI is InChI=1S/C17H24N2O3/c1-12-8-19-9-15(7-16(19)11-22-12)18-17(21)6-13-2-4-14(10-20)5-3-13/h2-5,12,15-16,20H,6-11H2,1H3,(H,18,21)/t12-,15-,16+/m1/s1. The molecule has 0 aromatic heterocycles. The van der Waals surface area contributed by atoms with E-state index in [-0.39, 0.29) is 24.7 Å². The van der Waals surface area contributed by atoms with Crippen molar-refractivity contribution < 1.29 is 14.6 Å². The van der Waals surface area contributed by atoms with Gasteiger partial charge >= 0.3 is 0 Å². The molecule has 0 bridgehead atoms. The number of amides is 1. The lowest BCUT2D eigenvalue weighted by molar-refractivity contribution is -0.121. The number of carbonyl (C=O) groups excluding carboxylic acids is 1. The highest BCUT2D eigenvalue weighted by Crippen LogP contribution is 2.23. The summed E-state index contributed by atoms with van der Waals surface area (Å²) < 4.78 is 5.69. The van der Waals surface area contributed by atoms with E-state index < -0.39 is 0 Å². The fraction of sp³-hybridized carbons (Fsp3) is 0.588. The third-order valence-electron chi connectivity index (χ3n) is 4.53. The van der Waals surface area contributed by atoms with Crippen LogP contribution in [0.4, 0.5) is 0 Å². The Morgan fingerprint density at radius 3 is 2.77 bits per heavy atom. The summed E-state index contributed by atoms with van der Waals surface area (Å²) in [6, 6.07) is 8.19. The molecule has 22 heavy (non-hydrogen) atoms. The average molecular weight is 304 g/mol. The SMILES string of the molecule is C[C@@H]1CN2C[C@H](NC(=O)Cc3ccc(CO)cc3)C[C@H]2CO1. The number of aliphatic hydroxyl groups excluding tert-OH is 1. The molecule has 2 N–H and O–H groups in total. The molecule has 0 saturated carbocycles. The molecule has 1 amide bonds. The van der Waals surface area contributed by atoms with Gasteiger partial charge in [0.15, 0.2) is 0 Å². The second-order valence-electron chi connectivity index (χ2n) is 6.40. The number of ether oxygens (including phenoxy) is 1. The third kappa shape index (κ3) is 3.66. The lowest BCUT2D eigenvalue weighted by Gasteiger charge is -2.33. The van der Waals surface area contributed by atoms with Crippen molar-refractivity contribution in [2.45, 2.75) is 44.6 Å². The number of morpholine rings is 1. The number of fused-ring (bicyclic) bond motifs is 1. The number of rotatable bonds is 4. The van der Waals surface area contributed by atoms with Gasteiger partial charge in [0.25, 0.3) is 0 Å². The van der Waals surface area contributed by atoms with E-state index in [1.54, 1.807) is 0 Å². The molecule has 3 rings (SSSR count). The predicted octanol–water partition coefficient (Wildman–Crippen LogP) is 0.699. The monoisotopic (exact) mass is 304 g/mol. The number of hydrogen-bond donors (Lipinski definition) is 2. The number of hydrogen-bond acceptors (Lipinski definition) is 4. The van der Waals surface area contributed by atoms with Crippen LogP contribution in [0.1, 0.15) is 24.5 Å². The minimum absolute atomic E-state index is 0.0340. The summed E-state index contributed by atoms with van der Waals surface area (Å²) in [6.07, 6.45) is 1.65. The van der Waals surface area contributed by atoms with Crippen LogP contribution in [-0.4, -0.2) is 53.8 Å². The molecule has 2 aliphatic rings. The molecular weight excluding hydrogens is 280 g/mol. The van der Waals surface area contributed by atoms with Crippen molar-refractivity contribution in [3.63, 3.8) is 0 Å². The summed E-state index contributed by atoms with van der Waals surface area (Å²) in [5.41, 5.74) is 1.84. The van der Waals surface area contributed by atoms with Crippen LogP contribution in [0.15, 0.2) is 24.3 Å². The molecule has 1 aromatic carbocycles. The molecule has 5 heteroatoms. The molecule has 0 radical (unpaired) electrons. The highest BCUT2D eigenvalue weighted by Gasteiger charge is 2.36. The van der Waals surface area contributed by atoms with Gasteiger partial charge in [-0.3, -0.25) is 9.69 Å². The highest BCUT2D eigenvalue weighted by molar-refractivity contribution is 5.78. The molecule has 5 nitrogen and oxygen atoms in total. The van der Waals surface area contributed by atoms with Crippen molar-refractivity contribution in [2.75, 3.05) is 19.7 Å². The number of benzene rings is 1. The van der Waals surface area contributed by atoms with Crippen LogP contribution in [0.5, 0.6) is 0 Å². The largest absolute Gasteiger partial charge is 0.392 e. The Balaban J connectivity index is 1.49. The molecule has 0 spiro atoms. The van der Waals surface area contributed by atoms with Crippen LogP contribution in [0, 0.1) is 0 Å². The second-order valence-corrected chi connectivity index (χ2v) is 6.40. The highest BCUT2D eigenvalue weighted by atomic mass is 16.5. The lowest BCUT2D eigenvalue weighted by Crippen LogP contribution is -2.45. The van der Waals surface area contributed by atoms with Gasteiger partial charge in [-0.15, -0.1) is 0 Å². The summed E-state index contributed by atoms with van der Waals surface area (Å²) in [7, 11) is 0. The van der Waals surface area contributed by atoms with E-state index in [1.165, 1.54) is 0 Å². The average Bonchev–Trinajstić information content (AvgIpc) is 2.89. The summed E-state index contributed by atoms with van der Waals surface area (Å²) >= 11 is 0. The second kappa shape index (κ2) is 6.77. The van der Waals surface area contributed by atoms with Crippen LogP contribution in [0.2, 0.25) is 0 Å². The van der Waals surface area contributed by atoms with Crippen molar-refractivity contribution >= 4 is 5.91 Å². The van der Waals surface area contributed by atoms with Crippen LogP contribution in [0.3, 0.4) is 0 Å². The van der Waals surface area contributed by atoms with Crippen molar-refractivity contribution in [1.82, 2.24) is 10.2 Å². The van der Waals surface area contributed by atoms with E-state index in [4.69, 9.17) is 9.84 Å². The van der Waals surface area contributed by atoms with Gasteiger partial charge in [-0.2, -0.15) is 0 Å². The molecule has 2 fully saturated rings. The number of carbonyl (C=O) groups is 1. The van der Waals surface area contributed by atoms with E-state index in [2.05, 4.69) is 17.1 Å². The van der Waals surface area contributed by atoms with Crippen LogP contribution >= 0.6 is 0 Å². The van der Waals surface area contributed by atoms with Gasteiger partial charge in [-0.1, -0.05) is 24.3 Å². The maximum Gasteiger partial charge on any atom is 0.224 e. The van der Waals surface area contributed by atoms with Crippen LogP contribution in [0.25, 0.3) is 0 Å². The van der Waals surface area contributed by atoms with Gasteiger partial charge in [0.05, 0.1) is 25.7 Å². The van der Waals surface area contributed by atoms with E-state index in [9.17, 15) is 4.79 Å². The fourth-order valence-electron chi connectivity index (χ4n) is 3.37. The number of aliphatic hydroxyl groups is 1. The zero-order valence-corrected chi connectivity index (χ0v) is 13.0. The first-order chi connectivity index (χ1) is 10.6. The smallest absolute Gasteiger partial charge is 0.224 e. The Hall–Kier alpha value is -1.43. The Morgan fingerprint density at radius 1 is 1.32 bits per heavy atom. The number of nitrogens with zero attached hydrogens (tertiary/aromatic N) is 1. The summed E-state index contributed by atoms with van der Waals surface area (Å²) in [4.78, 5) is 14.6. The first-order valence-electron chi connectivity index (χ1n) is 7.97. The van der Waals surface area contributed by atoms with Gasteiger partial charge in [0.1, 0.15) is 0 Å². The Bertz CT molecular complexity index is 517. The Morgan fingerprint density at radius 2 is 2.05 bits per heavy atom. The van der Waals surface area contributed by atoms with Crippen molar-refractivity contribution in [1.29, 1.82) is 0 Å². The molecule has 2 aliphatic heterocycles.